The Bertz CT molecular complexity index is 700. The van der Waals surface area contributed by atoms with Gasteiger partial charge in [-0.15, -0.1) is 11.8 Å². The first-order valence-electron chi connectivity index (χ1n) is 6.37. The molecule has 0 aromatic heterocycles. The number of anilines is 1. The van der Waals surface area contributed by atoms with Crippen molar-refractivity contribution in [3.8, 4) is 5.75 Å². The Morgan fingerprint density at radius 1 is 1.14 bits per heavy atom. The van der Waals surface area contributed by atoms with Gasteiger partial charge < -0.3 is 10.5 Å². The predicted octanol–water partition coefficient (Wildman–Crippen LogP) is 2.84. The molecule has 0 radical (unpaired) electrons. The van der Waals surface area contributed by atoms with E-state index < -0.39 is 9.84 Å². The Hall–Kier alpha value is -1.66. The van der Waals surface area contributed by atoms with Crippen molar-refractivity contribution < 1.29 is 13.2 Å². The van der Waals surface area contributed by atoms with Crippen molar-refractivity contribution in [3.05, 3.63) is 48.5 Å². The summed E-state index contributed by atoms with van der Waals surface area (Å²) in [5.41, 5.74) is 6.12. The van der Waals surface area contributed by atoms with Crippen LogP contribution in [0.15, 0.2) is 58.3 Å². The molecule has 21 heavy (non-hydrogen) atoms. The Balaban J connectivity index is 2.08. The van der Waals surface area contributed by atoms with Crippen LogP contribution in [-0.4, -0.2) is 27.0 Å². The van der Waals surface area contributed by atoms with E-state index in [4.69, 9.17) is 10.5 Å². The van der Waals surface area contributed by atoms with Gasteiger partial charge in [0, 0.05) is 22.4 Å². The Kier molecular flexibility index (Phi) is 5.14. The zero-order valence-electron chi connectivity index (χ0n) is 11.7. The number of sulfone groups is 1. The zero-order valence-corrected chi connectivity index (χ0v) is 13.3. The first kappa shape index (κ1) is 15.7. The van der Waals surface area contributed by atoms with Crippen molar-refractivity contribution in [1.29, 1.82) is 0 Å². The molecule has 0 aliphatic rings. The summed E-state index contributed by atoms with van der Waals surface area (Å²) in [5, 5.41) is 0. The molecule has 0 saturated heterocycles. The standard InChI is InChI=1S/C15H17NO3S2/c1-19-14-11-12(16)7-8-15(14)21(17,18)10-9-20-13-5-3-2-4-6-13/h2-8,11H,9-10,16H2,1H3. The van der Waals surface area contributed by atoms with Gasteiger partial charge in [0.05, 0.1) is 12.9 Å². The molecule has 0 spiro atoms. The number of rotatable bonds is 6. The van der Waals surface area contributed by atoms with Crippen molar-refractivity contribution in [3.63, 3.8) is 0 Å². The lowest BCUT2D eigenvalue weighted by molar-refractivity contribution is 0.403. The smallest absolute Gasteiger partial charge is 0.182 e. The molecular formula is C15H17NO3S2. The van der Waals surface area contributed by atoms with Crippen molar-refractivity contribution in [2.75, 3.05) is 24.3 Å². The monoisotopic (exact) mass is 323 g/mol. The molecule has 4 nitrogen and oxygen atoms in total. The van der Waals surface area contributed by atoms with Gasteiger partial charge in [0.25, 0.3) is 0 Å². The Morgan fingerprint density at radius 2 is 1.86 bits per heavy atom. The van der Waals surface area contributed by atoms with Crippen LogP contribution in [0.2, 0.25) is 0 Å². The van der Waals surface area contributed by atoms with Crippen LogP contribution >= 0.6 is 11.8 Å². The van der Waals surface area contributed by atoms with Gasteiger partial charge in [-0.2, -0.15) is 0 Å². The summed E-state index contributed by atoms with van der Waals surface area (Å²) in [5.74, 6) is 0.826. The number of nitrogen functional groups attached to an aromatic ring is 1. The average Bonchev–Trinajstić information content (AvgIpc) is 2.47. The second kappa shape index (κ2) is 6.87. The second-order valence-electron chi connectivity index (χ2n) is 4.39. The van der Waals surface area contributed by atoms with Crippen LogP contribution in [0.5, 0.6) is 5.75 Å². The normalized spacial score (nSPS) is 11.3. The molecule has 0 heterocycles. The summed E-state index contributed by atoms with van der Waals surface area (Å²) in [4.78, 5) is 1.24. The van der Waals surface area contributed by atoms with E-state index >= 15 is 0 Å². The molecule has 0 aliphatic heterocycles. The fourth-order valence-electron chi connectivity index (χ4n) is 1.84. The summed E-state index contributed by atoms with van der Waals surface area (Å²) in [6.07, 6.45) is 0. The van der Waals surface area contributed by atoms with Crippen LogP contribution in [0, 0.1) is 0 Å². The average molecular weight is 323 g/mol. The van der Waals surface area contributed by atoms with E-state index in [2.05, 4.69) is 0 Å². The molecule has 2 aromatic carbocycles. The lowest BCUT2D eigenvalue weighted by Crippen LogP contribution is -2.10. The fraction of sp³-hybridized carbons (Fsp3) is 0.200. The number of benzene rings is 2. The molecule has 0 amide bonds. The minimum absolute atomic E-state index is 0.0485. The van der Waals surface area contributed by atoms with E-state index in [0.29, 0.717) is 17.2 Å². The van der Waals surface area contributed by atoms with Gasteiger partial charge >= 0.3 is 0 Å². The number of methoxy groups -OCH3 is 1. The van der Waals surface area contributed by atoms with Crippen molar-refractivity contribution >= 4 is 27.3 Å². The summed E-state index contributed by atoms with van der Waals surface area (Å²) in [6, 6.07) is 14.3. The third-order valence-corrected chi connectivity index (χ3v) is 5.91. The molecule has 2 N–H and O–H groups in total. The zero-order chi connectivity index (χ0) is 15.3. The topological polar surface area (TPSA) is 69.4 Å². The van der Waals surface area contributed by atoms with Gasteiger partial charge in [-0.25, -0.2) is 8.42 Å². The Labute approximate surface area is 129 Å². The molecule has 2 rings (SSSR count). The van der Waals surface area contributed by atoms with E-state index in [9.17, 15) is 8.42 Å². The van der Waals surface area contributed by atoms with Crippen LogP contribution in [0.25, 0.3) is 0 Å². The lowest BCUT2D eigenvalue weighted by Gasteiger charge is -2.10. The van der Waals surface area contributed by atoms with Gasteiger partial charge in [-0.1, -0.05) is 18.2 Å². The third-order valence-electron chi connectivity index (χ3n) is 2.89. The molecular weight excluding hydrogens is 306 g/mol. The van der Waals surface area contributed by atoms with Gasteiger partial charge in [-0.05, 0) is 24.3 Å². The number of thioether (sulfide) groups is 1. The van der Waals surface area contributed by atoms with Crippen molar-refractivity contribution in [1.82, 2.24) is 0 Å². The maximum absolute atomic E-state index is 12.4. The number of hydrogen-bond donors (Lipinski definition) is 1. The van der Waals surface area contributed by atoms with Crippen LogP contribution < -0.4 is 10.5 Å². The maximum atomic E-state index is 12.4. The predicted molar refractivity (Wildman–Crippen MR) is 86.6 cm³/mol. The first-order valence-corrected chi connectivity index (χ1v) is 9.01. The minimum atomic E-state index is -3.39. The molecule has 0 aliphatic carbocycles. The van der Waals surface area contributed by atoms with E-state index in [-0.39, 0.29) is 10.6 Å². The second-order valence-corrected chi connectivity index (χ2v) is 7.64. The SMILES string of the molecule is COc1cc(N)ccc1S(=O)(=O)CCSc1ccccc1. The van der Waals surface area contributed by atoms with E-state index in [1.54, 1.807) is 6.07 Å². The molecule has 2 aromatic rings. The highest BCUT2D eigenvalue weighted by Gasteiger charge is 2.19. The molecule has 0 bridgehead atoms. The van der Waals surface area contributed by atoms with Crippen LogP contribution in [0.4, 0.5) is 5.69 Å². The molecule has 112 valence electrons. The van der Waals surface area contributed by atoms with Gasteiger partial charge in [0.15, 0.2) is 9.84 Å². The highest BCUT2D eigenvalue weighted by molar-refractivity contribution is 8.00. The summed E-state index contributed by atoms with van der Waals surface area (Å²) < 4.78 is 29.9. The minimum Gasteiger partial charge on any atom is -0.495 e. The first-order chi connectivity index (χ1) is 10.0. The summed E-state index contributed by atoms with van der Waals surface area (Å²) in [7, 11) is -1.95. The van der Waals surface area contributed by atoms with Crippen LogP contribution in [0.3, 0.4) is 0 Å². The highest BCUT2D eigenvalue weighted by atomic mass is 32.2. The van der Waals surface area contributed by atoms with Crippen molar-refractivity contribution in [2.24, 2.45) is 0 Å². The Morgan fingerprint density at radius 3 is 2.52 bits per heavy atom. The number of hydrogen-bond acceptors (Lipinski definition) is 5. The molecule has 0 unspecified atom stereocenters. The van der Waals surface area contributed by atoms with E-state index in [1.165, 1.54) is 31.0 Å². The molecule has 0 saturated carbocycles. The van der Waals surface area contributed by atoms with Gasteiger partial charge in [-0.3, -0.25) is 0 Å². The van der Waals surface area contributed by atoms with E-state index in [1.807, 2.05) is 30.3 Å². The highest BCUT2D eigenvalue weighted by Crippen LogP contribution is 2.28. The number of ether oxygens (including phenoxy) is 1. The van der Waals surface area contributed by atoms with Crippen LogP contribution in [-0.2, 0) is 9.84 Å². The van der Waals surface area contributed by atoms with Crippen LogP contribution in [0.1, 0.15) is 0 Å². The summed E-state index contributed by atoms with van der Waals surface area (Å²) >= 11 is 1.51. The van der Waals surface area contributed by atoms with Crippen molar-refractivity contribution in [2.45, 2.75) is 9.79 Å². The number of nitrogens with two attached hydrogens (primary N) is 1. The lowest BCUT2D eigenvalue weighted by atomic mass is 10.3. The molecule has 0 atom stereocenters. The maximum Gasteiger partial charge on any atom is 0.182 e. The van der Waals surface area contributed by atoms with Gasteiger partial charge in [0.2, 0.25) is 0 Å². The van der Waals surface area contributed by atoms with E-state index in [0.717, 1.165) is 4.90 Å². The third kappa shape index (κ3) is 4.15. The molecule has 6 heteroatoms. The summed E-state index contributed by atoms with van der Waals surface area (Å²) in [6.45, 7) is 0. The fourth-order valence-corrected chi connectivity index (χ4v) is 4.58. The quantitative estimate of drug-likeness (QED) is 0.654. The largest absolute Gasteiger partial charge is 0.495 e. The van der Waals surface area contributed by atoms with Gasteiger partial charge in [0.1, 0.15) is 10.6 Å². The molecule has 0 fully saturated rings.